The molecule has 8 nitrogen and oxygen atoms in total. The molecule has 1 aromatic carbocycles. The first-order chi connectivity index (χ1) is 16.6. The highest BCUT2D eigenvalue weighted by molar-refractivity contribution is 7.15. The third-order valence-electron chi connectivity index (χ3n) is 6.28. The van der Waals surface area contributed by atoms with Crippen molar-refractivity contribution in [1.29, 1.82) is 0 Å². The number of amides is 1. The van der Waals surface area contributed by atoms with Crippen molar-refractivity contribution in [3.8, 4) is 16.6 Å². The maximum atomic E-state index is 12.8. The van der Waals surface area contributed by atoms with Gasteiger partial charge in [-0.2, -0.15) is 9.97 Å². The fourth-order valence-corrected chi connectivity index (χ4v) is 5.29. The number of likely N-dealkylation sites (tertiary alicyclic amines) is 1. The first-order valence-corrected chi connectivity index (χ1v) is 12.8. The van der Waals surface area contributed by atoms with Crippen molar-refractivity contribution in [2.75, 3.05) is 30.3 Å². The molecule has 1 amide bonds. The Labute approximate surface area is 203 Å². The van der Waals surface area contributed by atoms with Crippen LogP contribution in [0.25, 0.3) is 10.6 Å². The number of benzene rings is 1. The van der Waals surface area contributed by atoms with Crippen LogP contribution in [0, 0.1) is 0 Å². The van der Waals surface area contributed by atoms with Crippen LogP contribution in [-0.2, 0) is 24.3 Å². The van der Waals surface area contributed by atoms with Crippen molar-refractivity contribution in [2.45, 2.75) is 52.1 Å². The van der Waals surface area contributed by atoms with Crippen molar-refractivity contribution < 1.29 is 9.53 Å². The third-order valence-corrected chi connectivity index (χ3v) is 7.31. The lowest BCUT2D eigenvalue weighted by Crippen LogP contribution is -2.26. The molecule has 9 heteroatoms. The number of hydrogen-bond acceptors (Lipinski definition) is 8. The van der Waals surface area contributed by atoms with E-state index < -0.39 is 0 Å². The molecular formula is C25H30N6O2S. The predicted octanol–water partition coefficient (Wildman–Crippen LogP) is 4.05. The van der Waals surface area contributed by atoms with E-state index in [1.54, 1.807) is 16.2 Å². The molecule has 178 valence electrons. The Morgan fingerprint density at radius 1 is 1.12 bits per heavy atom. The molecule has 3 aromatic rings. The zero-order valence-electron chi connectivity index (χ0n) is 19.5. The van der Waals surface area contributed by atoms with E-state index in [1.165, 1.54) is 31.5 Å². The second-order valence-corrected chi connectivity index (χ2v) is 9.98. The van der Waals surface area contributed by atoms with Gasteiger partial charge in [-0.05, 0) is 37.9 Å². The molecular weight excluding hydrogens is 448 g/mol. The summed E-state index contributed by atoms with van der Waals surface area (Å²) in [5, 5.41) is 0.945. The van der Waals surface area contributed by atoms with E-state index in [4.69, 9.17) is 10.5 Å². The van der Waals surface area contributed by atoms with E-state index in [2.05, 4.69) is 51.0 Å². The fourth-order valence-electron chi connectivity index (χ4n) is 4.38. The molecule has 0 unspecified atom stereocenters. The molecule has 34 heavy (non-hydrogen) atoms. The lowest BCUT2D eigenvalue weighted by Gasteiger charge is -2.16. The maximum Gasteiger partial charge on any atom is 0.320 e. The minimum Gasteiger partial charge on any atom is -0.463 e. The Bertz CT molecular complexity index is 1160. The second-order valence-electron chi connectivity index (χ2n) is 8.86. The number of carbonyl (C=O) groups is 1. The predicted molar refractivity (Wildman–Crippen MR) is 134 cm³/mol. The summed E-state index contributed by atoms with van der Waals surface area (Å²) in [5.41, 5.74) is 9.21. The van der Waals surface area contributed by atoms with Crippen molar-refractivity contribution in [3.63, 3.8) is 0 Å². The van der Waals surface area contributed by atoms with Gasteiger partial charge in [0.25, 0.3) is 0 Å². The van der Waals surface area contributed by atoms with Crippen molar-refractivity contribution in [1.82, 2.24) is 19.9 Å². The number of carbonyl (C=O) groups excluding carboxylic acids is 1. The van der Waals surface area contributed by atoms with Crippen LogP contribution in [-0.4, -0.2) is 45.5 Å². The van der Waals surface area contributed by atoms with Gasteiger partial charge in [-0.15, -0.1) is 11.3 Å². The maximum absolute atomic E-state index is 12.8. The number of rotatable bonds is 9. The highest BCUT2D eigenvalue weighted by atomic mass is 32.1. The van der Waals surface area contributed by atoms with Crippen molar-refractivity contribution >= 4 is 28.9 Å². The molecule has 0 aliphatic carbocycles. The zero-order valence-corrected chi connectivity index (χ0v) is 20.3. The first kappa shape index (κ1) is 22.7. The summed E-state index contributed by atoms with van der Waals surface area (Å²) in [6.07, 6.45) is 6.57. The van der Waals surface area contributed by atoms with E-state index in [0.717, 1.165) is 34.8 Å². The van der Waals surface area contributed by atoms with E-state index >= 15 is 0 Å². The Hall–Kier alpha value is -3.04. The first-order valence-electron chi connectivity index (χ1n) is 12.0. The number of anilines is 2. The Morgan fingerprint density at radius 2 is 1.91 bits per heavy atom. The van der Waals surface area contributed by atoms with Gasteiger partial charge < -0.3 is 10.5 Å². The molecule has 5 rings (SSSR count). The van der Waals surface area contributed by atoms with Crippen molar-refractivity contribution in [2.24, 2.45) is 0 Å². The summed E-state index contributed by atoms with van der Waals surface area (Å²) in [6.45, 7) is 6.42. The number of thiazole rings is 1. The highest BCUT2D eigenvalue weighted by Crippen LogP contribution is 2.35. The largest absolute Gasteiger partial charge is 0.463 e. The minimum atomic E-state index is -0.0390. The standard InChI is InChI=1S/C25H30N6O2S/c1-2-3-12-33-25-28-22(26)20-13-21(32)31(23(20)29-25)16-19-14-27-24(34-19)18-8-6-17(7-9-18)15-30-10-4-5-11-30/h6-9,14H,2-5,10-13,15-16H2,1H3,(H2,26,28,29). The topological polar surface area (TPSA) is 97.5 Å². The normalized spacial score (nSPS) is 15.8. The number of aromatic nitrogens is 3. The van der Waals surface area contributed by atoms with Gasteiger partial charge >= 0.3 is 6.01 Å². The molecule has 0 spiro atoms. The van der Waals surface area contributed by atoms with Crippen LogP contribution >= 0.6 is 11.3 Å². The molecule has 2 aliphatic heterocycles. The van der Waals surface area contributed by atoms with Crippen LogP contribution in [0.4, 0.5) is 11.6 Å². The molecule has 2 aliphatic rings. The summed E-state index contributed by atoms with van der Waals surface area (Å²) < 4.78 is 5.65. The number of nitrogens with two attached hydrogens (primary N) is 1. The lowest BCUT2D eigenvalue weighted by molar-refractivity contribution is -0.117. The van der Waals surface area contributed by atoms with Crippen LogP contribution in [0.2, 0.25) is 0 Å². The number of fused-ring (bicyclic) bond motifs is 1. The van der Waals surface area contributed by atoms with Crippen LogP contribution in [0.1, 0.15) is 48.6 Å². The van der Waals surface area contributed by atoms with E-state index in [0.29, 0.717) is 30.4 Å². The molecule has 0 saturated carbocycles. The summed E-state index contributed by atoms with van der Waals surface area (Å²) in [5.74, 6) is 0.819. The average Bonchev–Trinajstić information content (AvgIpc) is 3.58. The van der Waals surface area contributed by atoms with Gasteiger partial charge in [0.2, 0.25) is 5.91 Å². The summed E-state index contributed by atoms with van der Waals surface area (Å²) in [6, 6.07) is 8.88. The van der Waals surface area contributed by atoms with E-state index in [-0.39, 0.29) is 18.3 Å². The summed E-state index contributed by atoms with van der Waals surface area (Å²) in [4.78, 5) is 31.3. The molecule has 0 bridgehead atoms. The van der Waals surface area contributed by atoms with Gasteiger partial charge in [-0.25, -0.2) is 4.98 Å². The molecule has 1 fully saturated rings. The molecule has 1 saturated heterocycles. The van der Waals surface area contributed by atoms with Crippen LogP contribution in [0.15, 0.2) is 30.5 Å². The van der Waals surface area contributed by atoms with Gasteiger partial charge in [0.05, 0.1) is 19.6 Å². The van der Waals surface area contributed by atoms with E-state index in [9.17, 15) is 4.79 Å². The number of hydrogen-bond donors (Lipinski definition) is 1. The number of unbranched alkanes of at least 4 members (excludes halogenated alkanes) is 1. The summed E-state index contributed by atoms with van der Waals surface area (Å²) >= 11 is 1.59. The molecule has 4 heterocycles. The average molecular weight is 479 g/mol. The van der Waals surface area contributed by atoms with Crippen LogP contribution in [0.5, 0.6) is 6.01 Å². The second kappa shape index (κ2) is 10.1. The fraction of sp³-hybridized carbons (Fsp3) is 0.440. The molecule has 2 aromatic heterocycles. The molecule has 2 N–H and O–H groups in total. The molecule has 0 radical (unpaired) electrons. The number of nitrogens with zero attached hydrogens (tertiary/aromatic N) is 5. The van der Waals surface area contributed by atoms with Gasteiger partial charge in [-0.1, -0.05) is 37.6 Å². The highest BCUT2D eigenvalue weighted by Gasteiger charge is 2.32. The number of ether oxygens (including phenoxy) is 1. The quantitative estimate of drug-likeness (QED) is 0.464. The van der Waals surface area contributed by atoms with Gasteiger partial charge in [0, 0.05) is 28.7 Å². The Morgan fingerprint density at radius 3 is 2.68 bits per heavy atom. The Kier molecular flexibility index (Phi) is 6.73. The SMILES string of the molecule is CCCCOc1nc(N)c2c(n1)N(Cc1cnc(-c3ccc(CN4CCCC4)cc3)s1)C(=O)C2. The van der Waals surface area contributed by atoms with Gasteiger partial charge in [0.1, 0.15) is 16.6 Å². The smallest absolute Gasteiger partial charge is 0.320 e. The minimum absolute atomic E-state index is 0.0390. The van der Waals surface area contributed by atoms with Gasteiger partial charge in [0.15, 0.2) is 0 Å². The van der Waals surface area contributed by atoms with Crippen LogP contribution < -0.4 is 15.4 Å². The lowest BCUT2D eigenvalue weighted by atomic mass is 10.1. The van der Waals surface area contributed by atoms with Crippen LogP contribution in [0.3, 0.4) is 0 Å². The third kappa shape index (κ3) is 4.90. The van der Waals surface area contributed by atoms with Gasteiger partial charge in [-0.3, -0.25) is 14.6 Å². The monoisotopic (exact) mass is 478 g/mol. The summed E-state index contributed by atoms with van der Waals surface area (Å²) in [7, 11) is 0. The zero-order chi connectivity index (χ0) is 23.5. The molecule has 0 atom stereocenters. The Balaban J connectivity index is 1.29. The number of nitrogen functional groups attached to an aromatic ring is 1. The van der Waals surface area contributed by atoms with Crippen molar-refractivity contribution in [3.05, 3.63) is 46.5 Å². The van der Waals surface area contributed by atoms with E-state index in [1.807, 2.05) is 6.20 Å².